The molecule has 1 aliphatic heterocycles. The lowest BCUT2D eigenvalue weighted by Crippen LogP contribution is -2.52. The number of likely N-dealkylation sites (tertiary alicyclic amines) is 1. The van der Waals surface area contributed by atoms with Crippen molar-refractivity contribution >= 4 is 12.0 Å². The van der Waals surface area contributed by atoms with Crippen LogP contribution in [0.25, 0.3) is 0 Å². The Morgan fingerprint density at radius 1 is 1.41 bits per heavy atom. The van der Waals surface area contributed by atoms with Gasteiger partial charge in [0.15, 0.2) is 0 Å². The highest BCUT2D eigenvalue weighted by molar-refractivity contribution is 5.76. The second-order valence-corrected chi connectivity index (χ2v) is 6.39. The van der Waals surface area contributed by atoms with E-state index in [1.54, 1.807) is 4.68 Å². The SMILES string of the molecule is Cn1cc(C2CCCN(C(=O)NC3CC(C(=O)O)C3)C2)cn1. The van der Waals surface area contributed by atoms with Crippen molar-refractivity contribution in [1.82, 2.24) is 20.0 Å². The van der Waals surface area contributed by atoms with E-state index in [0.717, 1.165) is 19.4 Å². The molecule has 7 nitrogen and oxygen atoms in total. The first kappa shape index (κ1) is 14.9. The van der Waals surface area contributed by atoms with Crippen molar-refractivity contribution in [1.29, 1.82) is 0 Å². The molecule has 0 radical (unpaired) electrons. The molecule has 2 aliphatic rings. The number of nitrogens with one attached hydrogen (secondary N) is 1. The van der Waals surface area contributed by atoms with Gasteiger partial charge in [0.25, 0.3) is 0 Å². The maximum absolute atomic E-state index is 12.3. The molecule has 3 rings (SSSR count). The summed E-state index contributed by atoms with van der Waals surface area (Å²) in [6, 6.07) is -0.0604. The number of piperidine rings is 1. The van der Waals surface area contributed by atoms with Gasteiger partial charge in [0.1, 0.15) is 0 Å². The van der Waals surface area contributed by atoms with E-state index in [0.29, 0.717) is 25.3 Å². The molecule has 1 aromatic rings. The Labute approximate surface area is 129 Å². The lowest BCUT2D eigenvalue weighted by Gasteiger charge is -2.37. The number of carbonyl (C=O) groups is 2. The van der Waals surface area contributed by atoms with E-state index in [4.69, 9.17) is 5.11 Å². The summed E-state index contributed by atoms with van der Waals surface area (Å²) in [6.45, 7) is 1.46. The number of aromatic nitrogens is 2. The van der Waals surface area contributed by atoms with Gasteiger partial charge in [-0.15, -0.1) is 0 Å². The van der Waals surface area contributed by atoms with Crippen LogP contribution in [-0.2, 0) is 11.8 Å². The molecule has 2 fully saturated rings. The average molecular weight is 306 g/mol. The molecule has 1 saturated heterocycles. The molecule has 1 unspecified atom stereocenters. The van der Waals surface area contributed by atoms with Crippen molar-refractivity contribution in [2.24, 2.45) is 13.0 Å². The Bertz CT molecular complexity index is 565. The third-order valence-electron chi connectivity index (χ3n) is 4.72. The Hall–Kier alpha value is -2.05. The molecule has 120 valence electrons. The van der Waals surface area contributed by atoms with Crippen molar-refractivity contribution in [2.75, 3.05) is 13.1 Å². The van der Waals surface area contributed by atoms with Crippen LogP contribution in [0.1, 0.15) is 37.2 Å². The molecule has 1 saturated carbocycles. The zero-order valence-corrected chi connectivity index (χ0v) is 12.7. The molecule has 2 heterocycles. The number of hydrogen-bond acceptors (Lipinski definition) is 3. The number of aliphatic carboxylic acids is 1. The highest BCUT2D eigenvalue weighted by atomic mass is 16.4. The van der Waals surface area contributed by atoms with E-state index < -0.39 is 5.97 Å². The van der Waals surface area contributed by atoms with E-state index in [2.05, 4.69) is 10.4 Å². The summed E-state index contributed by atoms with van der Waals surface area (Å²) >= 11 is 0. The molecular formula is C15H22N4O3. The summed E-state index contributed by atoms with van der Waals surface area (Å²) in [4.78, 5) is 24.9. The van der Waals surface area contributed by atoms with E-state index >= 15 is 0 Å². The number of carboxylic acids is 1. The number of amides is 2. The van der Waals surface area contributed by atoms with Crippen LogP contribution in [0.4, 0.5) is 4.79 Å². The molecule has 1 aliphatic carbocycles. The second kappa shape index (κ2) is 5.98. The van der Waals surface area contributed by atoms with Crippen LogP contribution in [0.3, 0.4) is 0 Å². The van der Waals surface area contributed by atoms with Crippen molar-refractivity contribution in [3.8, 4) is 0 Å². The van der Waals surface area contributed by atoms with Crippen LogP contribution in [-0.4, -0.2) is 50.9 Å². The summed E-state index contributed by atoms with van der Waals surface area (Å²) in [7, 11) is 1.90. The number of urea groups is 1. The fourth-order valence-corrected chi connectivity index (χ4v) is 3.29. The van der Waals surface area contributed by atoms with Crippen LogP contribution < -0.4 is 5.32 Å². The highest BCUT2D eigenvalue weighted by Crippen LogP contribution is 2.29. The minimum atomic E-state index is -0.764. The third kappa shape index (κ3) is 3.08. The Morgan fingerprint density at radius 2 is 2.18 bits per heavy atom. The molecular weight excluding hydrogens is 284 g/mol. The molecule has 1 atom stereocenters. The molecule has 2 amide bonds. The van der Waals surface area contributed by atoms with Crippen LogP contribution in [0.5, 0.6) is 0 Å². The van der Waals surface area contributed by atoms with Crippen LogP contribution in [0.15, 0.2) is 12.4 Å². The Kier molecular flexibility index (Phi) is 4.04. The van der Waals surface area contributed by atoms with E-state index in [-0.39, 0.29) is 18.0 Å². The number of aryl methyl sites for hydroxylation is 1. The molecule has 0 bridgehead atoms. The topological polar surface area (TPSA) is 87.5 Å². The molecule has 22 heavy (non-hydrogen) atoms. The highest BCUT2D eigenvalue weighted by Gasteiger charge is 2.36. The first-order valence-electron chi connectivity index (χ1n) is 7.79. The van der Waals surface area contributed by atoms with Crippen molar-refractivity contribution < 1.29 is 14.7 Å². The number of nitrogens with zero attached hydrogens (tertiary/aromatic N) is 3. The van der Waals surface area contributed by atoms with Crippen LogP contribution >= 0.6 is 0 Å². The fourth-order valence-electron chi connectivity index (χ4n) is 3.29. The van der Waals surface area contributed by atoms with E-state index in [9.17, 15) is 9.59 Å². The van der Waals surface area contributed by atoms with Gasteiger partial charge in [-0.25, -0.2) is 4.79 Å². The van der Waals surface area contributed by atoms with Gasteiger partial charge in [0.05, 0.1) is 12.1 Å². The number of hydrogen-bond donors (Lipinski definition) is 2. The predicted molar refractivity (Wildman–Crippen MR) is 79.4 cm³/mol. The monoisotopic (exact) mass is 306 g/mol. The standard InChI is InChI=1S/C15H22N4O3/c1-18-8-12(7-16-18)10-3-2-4-19(9-10)15(22)17-13-5-11(6-13)14(20)21/h7-8,10-11,13H,2-6,9H2,1H3,(H,17,22)(H,20,21). The minimum absolute atomic E-state index is 0.00682. The van der Waals surface area contributed by atoms with E-state index in [1.165, 1.54) is 5.56 Å². The Morgan fingerprint density at radius 3 is 2.82 bits per heavy atom. The first-order valence-corrected chi connectivity index (χ1v) is 7.79. The summed E-state index contributed by atoms with van der Waals surface area (Å²) < 4.78 is 1.79. The van der Waals surface area contributed by atoms with Crippen LogP contribution in [0, 0.1) is 5.92 Å². The zero-order chi connectivity index (χ0) is 15.7. The third-order valence-corrected chi connectivity index (χ3v) is 4.72. The van der Waals surface area contributed by atoms with Crippen LogP contribution in [0.2, 0.25) is 0 Å². The predicted octanol–water partition coefficient (Wildman–Crippen LogP) is 1.17. The Balaban J connectivity index is 1.51. The summed E-state index contributed by atoms with van der Waals surface area (Å²) in [6.07, 6.45) is 7.02. The first-order chi connectivity index (χ1) is 10.5. The zero-order valence-electron chi connectivity index (χ0n) is 12.7. The smallest absolute Gasteiger partial charge is 0.317 e. The molecule has 1 aromatic heterocycles. The fraction of sp³-hybridized carbons (Fsp3) is 0.667. The average Bonchev–Trinajstić information content (AvgIpc) is 2.88. The van der Waals surface area contributed by atoms with Crippen molar-refractivity contribution in [3.05, 3.63) is 18.0 Å². The summed E-state index contributed by atoms with van der Waals surface area (Å²) in [5, 5.41) is 16.0. The van der Waals surface area contributed by atoms with Gasteiger partial charge in [-0.1, -0.05) is 0 Å². The number of carboxylic acid groups (broad SMARTS) is 1. The number of rotatable bonds is 3. The quantitative estimate of drug-likeness (QED) is 0.877. The largest absolute Gasteiger partial charge is 0.481 e. The van der Waals surface area contributed by atoms with Gasteiger partial charge in [-0.3, -0.25) is 9.48 Å². The minimum Gasteiger partial charge on any atom is -0.481 e. The maximum Gasteiger partial charge on any atom is 0.317 e. The van der Waals surface area contributed by atoms with Gasteiger partial charge in [0, 0.05) is 38.3 Å². The lowest BCUT2D eigenvalue weighted by atomic mass is 9.80. The molecule has 0 spiro atoms. The summed E-state index contributed by atoms with van der Waals surface area (Å²) in [5.41, 5.74) is 1.18. The van der Waals surface area contributed by atoms with Gasteiger partial charge in [-0.05, 0) is 31.2 Å². The molecule has 2 N–H and O–H groups in total. The van der Waals surface area contributed by atoms with Gasteiger partial charge < -0.3 is 15.3 Å². The normalized spacial score (nSPS) is 28.0. The second-order valence-electron chi connectivity index (χ2n) is 6.39. The van der Waals surface area contributed by atoms with Gasteiger partial charge in [0.2, 0.25) is 0 Å². The molecule has 7 heteroatoms. The van der Waals surface area contributed by atoms with Gasteiger partial charge in [-0.2, -0.15) is 5.10 Å². The molecule has 0 aromatic carbocycles. The van der Waals surface area contributed by atoms with E-state index in [1.807, 2.05) is 24.3 Å². The van der Waals surface area contributed by atoms with Gasteiger partial charge >= 0.3 is 12.0 Å². The maximum atomic E-state index is 12.3. The number of carbonyl (C=O) groups excluding carboxylic acids is 1. The lowest BCUT2D eigenvalue weighted by molar-refractivity contribution is -0.145. The van der Waals surface area contributed by atoms with Crippen molar-refractivity contribution in [3.63, 3.8) is 0 Å². The van der Waals surface area contributed by atoms with Crippen molar-refractivity contribution in [2.45, 2.75) is 37.6 Å². The summed E-state index contributed by atoms with van der Waals surface area (Å²) in [5.74, 6) is -0.726.